The standard InChI is InChI=1S/C42H85N25O8/c1-24(68)21-61-32(70)26(10-4-16-56-38(44)45)63-34(72)29(12-6-18-58-40(48)49)66-37(75)31(14-8-20-60-42(52)53)67-35(73)28(9-3-15-54-23-55-22-43)65-36(74)30(13-7-19-59-41(50)51)64-33(71)27(62-25(2)69)11-5-17-57-39(46)47/h26-31,54-55H,3-23,43H2,1-2H3,(H,61,70)(H,62,69)(H,63,72)(H,64,71)(H,65,74)(H,66,75)(H,67,73)(H4,44,45,56)(H4,46,47,57)(H4,48,49,58)(H4,50,51,59)(H4,52,53,60)/t26-,27-,28-,29-,30-,31-/m0/s1. The van der Waals surface area contributed by atoms with Gasteiger partial charge in [-0.2, -0.15) is 0 Å². The van der Waals surface area contributed by atoms with E-state index >= 15 is 0 Å². The van der Waals surface area contributed by atoms with Crippen LogP contribution in [0.3, 0.4) is 0 Å². The van der Waals surface area contributed by atoms with Crippen molar-refractivity contribution >= 4 is 76.9 Å². The van der Waals surface area contributed by atoms with Crippen molar-refractivity contribution in [3.8, 4) is 0 Å². The molecule has 33 heteroatoms. The first kappa shape index (κ1) is 67.2. The minimum atomic E-state index is -1.40. The summed E-state index contributed by atoms with van der Waals surface area (Å²) in [5.74, 6) is -6.61. The maximum absolute atomic E-state index is 14.5. The highest BCUT2D eigenvalue weighted by molar-refractivity contribution is 5.97. The maximum Gasteiger partial charge on any atom is 0.243 e. The number of aliphatic imine (C=N–C) groups is 5. The molecule has 0 saturated carbocycles. The maximum atomic E-state index is 14.5. The Kier molecular flexibility index (Phi) is 35.6. The molecule has 0 aromatic heterocycles. The molecule has 0 aromatic carbocycles. The summed E-state index contributed by atoms with van der Waals surface area (Å²) in [5.41, 5.74) is 60.4. The van der Waals surface area contributed by atoms with Crippen LogP contribution in [0, 0.1) is 0 Å². The number of nitrogens with one attached hydrogen (secondary N) is 9. The summed E-state index contributed by atoms with van der Waals surface area (Å²) in [5, 5.41) is 24.4. The molecule has 0 rings (SSSR count). The van der Waals surface area contributed by atoms with Gasteiger partial charge in [0.25, 0.3) is 0 Å². The van der Waals surface area contributed by atoms with Crippen molar-refractivity contribution in [2.24, 2.45) is 88.0 Å². The van der Waals surface area contributed by atoms with E-state index in [1.54, 1.807) is 0 Å². The molecule has 0 aliphatic heterocycles. The molecule has 0 heterocycles. The summed E-state index contributed by atoms with van der Waals surface area (Å²) in [7, 11) is 0. The van der Waals surface area contributed by atoms with Gasteiger partial charge in [-0.1, -0.05) is 0 Å². The van der Waals surface area contributed by atoms with Crippen molar-refractivity contribution in [1.82, 2.24) is 47.9 Å². The molecule has 0 aromatic rings. The van der Waals surface area contributed by atoms with Gasteiger partial charge in [0.15, 0.2) is 29.8 Å². The zero-order valence-electron chi connectivity index (χ0n) is 43.2. The van der Waals surface area contributed by atoms with Gasteiger partial charge in [0.2, 0.25) is 41.4 Å². The predicted molar refractivity (Wildman–Crippen MR) is 285 cm³/mol. The van der Waals surface area contributed by atoms with Crippen LogP contribution in [0.15, 0.2) is 25.0 Å². The molecular weight excluding hydrogens is 983 g/mol. The lowest BCUT2D eigenvalue weighted by atomic mass is 10.0. The molecule has 0 aliphatic carbocycles. The molecule has 0 saturated heterocycles. The van der Waals surface area contributed by atoms with Gasteiger partial charge >= 0.3 is 0 Å². The highest BCUT2D eigenvalue weighted by Crippen LogP contribution is 2.10. The van der Waals surface area contributed by atoms with Gasteiger partial charge in [-0.3, -0.25) is 68.6 Å². The lowest BCUT2D eigenvalue weighted by Crippen LogP contribution is -2.59. The van der Waals surface area contributed by atoms with E-state index in [-0.39, 0.29) is 152 Å². The zero-order chi connectivity index (χ0) is 56.7. The molecule has 426 valence electrons. The number of Topliss-reactive ketones (excluding diaryl/α,β-unsaturated/α-hetero) is 1. The molecule has 0 aliphatic rings. The average Bonchev–Trinajstić information content (AvgIpc) is 3.32. The van der Waals surface area contributed by atoms with Crippen LogP contribution in [0.5, 0.6) is 0 Å². The van der Waals surface area contributed by atoms with Gasteiger partial charge in [0.1, 0.15) is 42.0 Å². The Morgan fingerprint density at radius 3 is 0.893 bits per heavy atom. The van der Waals surface area contributed by atoms with E-state index in [1.807, 2.05) is 0 Å². The number of carbonyl (C=O) groups excluding carboxylic acids is 8. The summed E-state index contributed by atoms with van der Waals surface area (Å²) in [6.45, 7) is 3.40. The fourth-order valence-corrected chi connectivity index (χ4v) is 6.75. The van der Waals surface area contributed by atoms with Crippen molar-refractivity contribution < 1.29 is 38.4 Å². The molecule has 0 bridgehead atoms. The van der Waals surface area contributed by atoms with E-state index in [2.05, 4.69) is 72.8 Å². The number of carbonyl (C=O) groups is 8. The molecule has 0 spiro atoms. The summed E-state index contributed by atoms with van der Waals surface area (Å²) >= 11 is 0. The van der Waals surface area contributed by atoms with Crippen molar-refractivity contribution in [3.05, 3.63) is 0 Å². The quantitative estimate of drug-likeness (QED) is 0.0117. The third-order valence-electron chi connectivity index (χ3n) is 10.3. The minimum Gasteiger partial charge on any atom is -0.370 e. The van der Waals surface area contributed by atoms with Gasteiger partial charge in [-0.15, -0.1) is 0 Å². The smallest absolute Gasteiger partial charge is 0.243 e. The van der Waals surface area contributed by atoms with E-state index < -0.39 is 77.6 Å². The second kappa shape index (κ2) is 39.7. The van der Waals surface area contributed by atoms with Crippen LogP contribution in [0.2, 0.25) is 0 Å². The number of hydrogen-bond donors (Lipinski definition) is 20. The Labute approximate surface area is 436 Å². The molecule has 6 atom stereocenters. The van der Waals surface area contributed by atoms with Gasteiger partial charge < -0.3 is 106 Å². The highest BCUT2D eigenvalue weighted by Gasteiger charge is 2.33. The molecule has 7 amide bonds. The zero-order valence-corrected chi connectivity index (χ0v) is 43.2. The Morgan fingerprint density at radius 2 is 0.640 bits per heavy atom. The van der Waals surface area contributed by atoms with Crippen LogP contribution < -0.4 is 111 Å². The van der Waals surface area contributed by atoms with E-state index in [1.165, 1.54) is 13.8 Å². The van der Waals surface area contributed by atoms with Crippen molar-refractivity contribution in [3.63, 3.8) is 0 Å². The summed E-state index contributed by atoms with van der Waals surface area (Å²) in [6.07, 6.45) is 1.17. The largest absolute Gasteiger partial charge is 0.370 e. The van der Waals surface area contributed by atoms with Crippen LogP contribution in [0.25, 0.3) is 0 Å². The number of rotatable bonds is 41. The number of amides is 7. The summed E-state index contributed by atoms with van der Waals surface area (Å²) in [4.78, 5) is 128. The molecule has 33 nitrogen and oxygen atoms in total. The lowest BCUT2D eigenvalue weighted by molar-refractivity contribution is -0.135. The number of ketones is 1. The Morgan fingerprint density at radius 1 is 0.373 bits per heavy atom. The molecule has 75 heavy (non-hydrogen) atoms. The number of nitrogens with zero attached hydrogens (tertiary/aromatic N) is 5. The lowest BCUT2D eigenvalue weighted by Gasteiger charge is -2.28. The second-order valence-corrected chi connectivity index (χ2v) is 17.0. The first-order valence-electron chi connectivity index (χ1n) is 24.4. The summed E-state index contributed by atoms with van der Waals surface area (Å²) < 4.78 is 0. The first-order valence-corrected chi connectivity index (χ1v) is 24.4. The van der Waals surface area contributed by atoms with Crippen LogP contribution in [0.1, 0.15) is 90.9 Å². The normalized spacial score (nSPS) is 13.0. The van der Waals surface area contributed by atoms with Gasteiger partial charge in [0, 0.05) is 53.0 Å². The fourth-order valence-electron chi connectivity index (χ4n) is 6.75. The molecule has 0 radical (unpaired) electrons. The highest BCUT2D eigenvalue weighted by atomic mass is 16.2. The molecule has 0 fully saturated rings. The number of guanidine groups is 5. The van der Waals surface area contributed by atoms with Crippen LogP contribution in [-0.4, -0.2) is 172 Å². The molecule has 0 unspecified atom stereocenters. The van der Waals surface area contributed by atoms with Crippen LogP contribution >= 0.6 is 0 Å². The van der Waals surface area contributed by atoms with E-state index in [9.17, 15) is 38.4 Å². The van der Waals surface area contributed by atoms with Crippen molar-refractivity contribution in [2.75, 3.05) is 59.2 Å². The Balaban J connectivity index is 7.13. The topological polar surface area (TPSA) is 593 Å². The van der Waals surface area contributed by atoms with E-state index in [4.69, 9.17) is 63.1 Å². The van der Waals surface area contributed by atoms with Gasteiger partial charge in [-0.05, 0) is 90.5 Å². The molecular formula is C42H85N25O8. The first-order chi connectivity index (χ1) is 35.5. The third-order valence-corrected chi connectivity index (χ3v) is 10.3. The minimum absolute atomic E-state index is 0.00436. The Bertz CT molecular complexity index is 1950. The monoisotopic (exact) mass is 1070 g/mol. The number of hydrogen-bond acceptors (Lipinski definition) is 16. The SMILES string of the molecule is CC(=O)CNC(=O)[C@H](CCCN=C(N)N)NC(=O)[C@H](CCCN=C(N)N)NC(=O)[C@H](CCCN=C(N)N)NC(=O)[C@H](CCCNCNCN)NC(=O)[C@H](CCCN=C(N)N)NC(=O)[C@H](CCCN=C(N)N)NC(C)=O. The predicted octanol–water partition coefficient (Wildman–Crippen LogP) is -9.28. The summed E-state index contributed by atoms with van der Waals surface area (Å²) in [6, 6.07) is -7.73. The Hall–Kier alpha value is -7.81. The van der Waals surface area contributed by atoms with Crippen LogP contribution in [-0.2, 0) is 38.4 Å². The van der Waals surface area contributed by atoms with Crippen molar-refractivity contribution in [1.29, 1.82) is 0 Å². The van der Waals surface area contributed by atoms with Gasteiger partial charge in [0.05, 0.1) is 6.54 Å². The van der Waals surface area contributed by atoms with E-state index in [0.717, 1.165) is 0 Å². The van der Waals surface area contributed by atoms with Crippen LogP contribution in [0.4, 0.5) is 0 Å². The fraction of sp³-hybridized carbons (Fsp3) is 0.690. The average molecular weight is 1070 g/mol. The van der Waals surface area contributed by atoms with Gasteiger partial charge in [-0.25, -0.2) is 0 Å². The van der Waals surface area contributed by atoms with E-state index in [0.29, 0.717) is 19.6 Å². The third kappa shape index (κ3) is 35.1. The number of nitrogens with two attached hydrogens (primary N) is 11. The van der Waals surface area contributed by atoms with Crippen molar-refractivity contribution in [2.45, 2.75) is 127 Å². The molecule has 31 N–H and O–H groups in total. The second-order valence-electron chi connectivity index (χ2n) is 17.0.